The molecule has 1 N–H and O–H groups in total. The fourth-order valence-electron chi connectivity index (χ4n) is 3.31. The minimum absolute atomic E-state index is 0.0529. The summed E-state index contributed by atoms with van der Waals surface area (Å²) in [5, 5.41) is 4.91. The molecule has 1 aliphatic rings. The number of aromatic amines is 1. The number of piperazine rings is 1. The molecule has 1 fully saturated rings. The van der Waals surface area contributed by atoms with Crippen LogP contribution in [0.5, 0.6) is 0 Å². The highest BCUT2D eigenvalue weighted by Gasteiger charge is 2.28. The fraction of sp³-hybridized carbons (Fsp3) is 0.389. The fourth-order valence-corrected chi connectivity index (χ4v) is 3.31. The Hall–Kier alpha value is -2.67. The van der Waals surface area contributed by atoms with E-state index in [0.717, 1.165) is 24.0 Å². The molecule has 3 heterocycles. The molecule has 0 aliphatic carbocycles. The van der Waals surface area contributed by atoms with Gasteiger partial charge in [-0.05, 0) is 26.0 Å². The number of hydrogen-bond donors (Lipinski definition) is 1. The van der Waals surface area contributed by atoms with Crippen molar-refractivity contribution in [3.05, 3.63) is 47.7 Å². The molecule has 0 spiro atoms. The van der Waals surface area contributed by atoms with E-state index >= 15 is 0 Å². The molecule has 3 aromatic rings. The molecule has 130 valence electrons. The Kier molecular flexibility index (Phi) is 4.01. The van der Waals surface area contributed by atoms with Gasteiger partial charge in [-0.3, -0.25) is 9.69 Å². The summed E-state index contributed by atoms with van der Waals surface area (Å²) in [5.41, 5.74) is 1.64. The van der Waals surface area contributed by atoms with E-state index in [2.05, 4.69) is 26.9 Å². The summed E-state index contributed by atoms with van der Waals surface area (Å²) >= 11 is 0. The average molecular weight is 339 g/mol. The maximum Gasteiger partial charge on any atom is 0.270 e. The van der Waals surface area contributed by atoms with Crippen LogP contribution >= 0.6 is 0 Å². The predicted molar refractivity (Wildman–Crippen MR) is 93.2 cm³/mol. The lowest BCUT2D eigenvalue weighted by molar-refractivity contribution is 0.0547. The van der Waals surface area contributed by atoms with Gasteiger partial charge in [0, 0.05) is 37.1 Å². The first-order chi connectivity index (χ1) is 12.1. The van der Waals surface area contributed by atoms with Gasteiger partial charge in [-0.25, -0.2) is 0 Å². The number of hydrogen-bond acceptors (Lipinski definition) is 5. The molecule has 0 bridgehead atoms. The molecule has 25 heavy (non-hydrogen) atoms. The van der Waals surface area contributed by atoms with E-state index in [1.807, 2.05) is 42.2 Å². The number of para-hydroxylation sites is 1. The van der Waals surface area contributed by atoms with Crippen LogP contribution in [0, 0.1) is 6.92 Å². The van der Waals surface area contributed by atoms with Crippen molar-refractivity contribution in [2.45, 2.75) is 19.9 Å². The van der Waals surface area contributed by atoms with Gasteiger partial charge in [0.25, 0.3) is 5.91 Å². The van der Waals surface area contributed by atoms with E-state index in [1.54, 1.807) is 0 Å². The number of rotatable bonds is 3. The first-order valence-electron chi connectivity index (χ1n) is 8.53. The number of carbonyl (C=O) groups excluding carboxylic acids is 1. The van der Waals surface area contributed by atoms with Crippen LogP contribution in [0.3, 0.4) is 0 Å². The van der Waals surface area contributed by atoms with Crippen molar-refractivity contribution in [2.24, 2.45) is 0 Å². The van der Waals surface area contributed by atoms with Crippen LogP contribution in [-0.4, -0.2) is 57.0 Å². The molecule has 7 heteroatoms. The summed E-state index contributed by atoms with van der Waals surface area (Å²) < 4.78 is 5.27. The predicted octanol–water partition coefficient (Wildman–Crippen LogP) is 2.38. The standard InChI is InChI=1S/C18H21N5O2/c1-12(17-19-13(2)21-25-17)22-7-9-23(10-8-22)18(24)16-11-14-5-3-4-6-15(14)20-16/h3-6,11-12,20H,7-10H2,1-2H3/t12-/m1/s1. The normalized spacial score (nSPS) is 17.1. The monoisotopic (exact) mass is 339 g/mol. The molecule has 4 rings (SSSR count). The first kappa shape index (κ1) is 15.8. The molecule has 0 saturated carbocycles. The first-order valence-corrected chi connectivity index (χ1v) is 8.53. The quantitative estimate of drug-likeness (QED) is 0.793. The molecule has 1 aromatic carbocycles. The van der Waals surface area contributed by atoms with Crippen LogP contribution in [0.2, 0.25) is 0 Å². The summed E-state index contributed by atoms with van der Waals surface area (Å²) in [6, 6.07) is 9.92. The Bertz CT molecular complexity index is 859. The van der Waals surface area contributed by atoms with Crippen LogP contribution < -0.4 is 0 Å². The zero-order valence-corrected chi connectivity index (χ0v) is 14.4. The molecule has 1 amide bonds. The number of fused-ring (bicyclic) bond motifs is 1. The molecule has 7 nitrogen and oxygen atoms in total. The van der Waals surface area contributed by atoms with Gasteiger partial charge in [-0.2, -0.15) is 4.98 Å². The molecular formula is C18H21N5O2. The van der Waals surface area contributed by atoms with Gasteiger partial charge in [0.1, 0.15) is 5.69 Å². The van der Waals surface area contributed by atoms with Crippen molar-refractivity contribution in [1.82, 2.24) is 24.9 Å². The third-order valence-electron chi connectivity index (χ3n) is 4.81. The summed E-state index contributed by atoms with van der Waals surface area (Å²) in [5.74, 6) is 1.33. The molecule has 1 aliphatic heterocycles. The van der Waals surface area contributed by atoms with E-state index in [4.69, 9.17) is 4.52 Å². The maximum atomic E-state index is 12.8. The molecule has 0 unspecified atom stereocenters. The highest BCUT2D eigenvalue weighted by atomic mass is 16.5. The second-order valence-corrected chi connectivity index (χ2v) is 6.45. The minimum Gasteiger partial charge on any atom is -0.351 e. The van der Waals surface area contributed by atoms with E-state index in [0.29, 0.717) is 30.5 Å². The van der Waals surface area contributed by atoms with Crippen molar-refractivity contribution in [1.29, 1.82) is 0 Å². The molecular weight excluding hydrogens is 318 g/mol. The topological polar surface area (TPSA) is 78.3 Å². The Morgan fingerprint density at radius 1 is 1.24 bits per heavy atom. The summed E-state index contributed by atoms with van der Waals surface area (Å²) in [6.07, 6.45) is 0. The Morgan fingerprint density at radius 3 is 2.68 bits per heavy atom. The van der Waals surface area contributed by atoms with E-state index in [9.17, 15) is 4.79 Å². The number of amides is 1. The van der Waals surface area contributed by atoms with Gasteiger partial charge in [-0.1, -0.05) is 23.4 Å². The van der Waals surface area contributed by atoms with Crippen LogP contribution in [0.1, 0.15) is 35.2 Å². The maximum absolute atomic E-state index is 12.8. The van der Waals surface area contributed by atoms with Gasteiger partial charge >= 0.3 is 0 Å². The average Bonchev–Trinajstić information content (AvgIpc) is 3.26. The highest BCUT2D eigenvalue weighted by molar-refractivity contribution is 5.98. The van der Waals surface area contributed by atoms with E-state index in [1.165, 1.54) is 0 Å². The number of aryl methyl sites for hydroxylation is 1. The number of H-pyrrole nitrogens is 1. The lowest BCUT2D eigenvalue weighted by Gasteiger charge is -2.36. The number of benzene rings is 1. The Labute approximate surface area is 145 Å². The largest absolute Gasteiger partial charge is 0.351 e. The van der Waals surface area contributed by atoms with Gasteiger partial charge in [0.2, 0.25) is 5.89 Å². The van der Waals surface area contributed by atoms with Crippen molar-refractivity contribution in [3.63, 3.8) is 0 Å². The van der Waals surface area contributed by atoms with Crippen LogP contribution in [0.4, 0.5) is 0 Å². The van der Waals surface area contributed by atoms with Gasteiger partial charge < -0.3 is 14.4 Å². The van der Waals surface area contributed by atoms with Gasteiger partial charge in [0.05, 0.1) is 6.04 Å². The number of nitrogens with one attached hydrogen (secondary N) is 1. The third-order valence-corrected chi connectivity index (χ3v) is 4.81. The number of aromatic nitrogens is 3. The summed E-state index contributed by atoms with van der Waals surface area (Å²) in [4.78, 5) is 24.4. The minimum atomic E-state index is 0.0529. The van der Waals surface area contributed by atoms with Crippen LogP contribution in [0.25, 0.3) is 10.9 Å². The highest BCUT2D eigenvalue weighted by Crippen LogP contribution is 2.21. The molecule has 0 radical (unpaired) electrons. The zero-order chi connectivity index (χ0) is 17.4. The Balaban J connectivity index is 1.41. The van der Waals surface area contributed by atoms with Crippen LogP contribution in [0.15, 0.2) is 34.9 Å². The third kappa shape index (κ3) is 3.02. The molecule has 1 saturated heterocycles. The number of nitrogens with zero attached hydrogens (tertiary/aromatic N) is 4. The number of carbonyl (C=O) groups is 1. The van der Waals surface area contributed by atoms with E-state index < -0.39 is 0 Å². The zero-order valence-electron chi connectivity index (χ0n) is 14.4. The molecule has 2 aromatic heterocycles. The second kappa shape index (κ2) is 6.33. The van der Waals surface area contributed by atoms with Gasteiger partial charge in [0.15, 0.2) is 5.82 Å². The lowest BCUT2D eigenvalue weighted by atomic mass is 10.2. The van der Waals surface area contributed by atoms with Gasteiger partial charge in [-0.15, -0.1) is 0 Å². The summed E-state index contributed by atoms with van der Waals surface area (Å²) in [6.45, 7) is 6.82. The Morgan fingerprint density at radius 2 is 2.00 bits per heavy atom. The van der Waals surface area contributed by atoms with Crippen LogP contribution in [-0.2, 0) is 0 Å². The van der Waals surface area contributed by atoms with Crippen molar-refractivity contribution in [3.8, 4) is 0 Å². The van der Waals surface area contributed by atoms with Crippen molar-refractivity contribution >= 4 is 16.8 Å². The molecule has 1 atom stereocenters. The van der Waals surface area contributed by atoms with Crippen molar-refractivity contribution < 1.29 is 9.32 Å². The lowest BCUT2D eigenvalue weighted by Crippen LogP contribution is -2.49. The SMILES string of the molecule is Cc1noc([C@@H](C)N2CCN(C(=O)c3cc4ccccc4[nH]3)CC2)n1. The van der Waals surface area contributed by atoms with Crippen molar-refractivity contribution in [2.75, 3.05) is 26.2 Å². The second-order valence-electron chi connectivity index (χ2n) is 6.45. The summed E-state index contributed by atoms with van der Waals surface area (Å²) in [7, 11) is 0. The van der Waals surface area contributed by atoms with E-state index in [-0.39, 0.29) is 11.9 Å². The smallest absolute Gasteiger partial charge is 0.270 e.